The molecule has 0 radical (unpaired) electrons. The summed E-state index contributed by atoms with van der Waals surface area (Å²) in [6, 6.07) is 4.05. The van der Waals surface area contributed by atoms with Crippen molar-refractivity contribution >= 4 is 29.3 Å². The van der Waals surface area contributed by atoms with E-state index < -0.39 is 23.3 Å². The second-order valence-corrected chi connectivity index (χ2v) is 8.31. The van der Waals surface area contributed by atoms with Gasteiger partial charge in [0.05, 0.1) is 23.2 Å². The van der Waals surface area contributed by atoms with E-state index in [2.05, 4.69) is 0 Å². The number of fused-ring (bicyclic) bond motifs is 5. The standard InChI is InChI=1S/C21H22N2O7/c1-11-2-3-12(9-15(11)23(28)29)16(24)10-30-17(25)6-7-22-20(26)18-13-4-5-14(8-13)19(18)21(22)27/h2-3,9,13-14,18-19H,4-8,10H2,1H3/t13-,14+,18+,19-. The third-order valence-electron chi connectivity index (χ3n) is 6.65. The summed E-state index contributed by atoms with van der Waals surface area (Å²) < 4.78 is 4.96. The lowest BCUT2D eigenvalue weighted by Gasteiger charge is -2.19. The summed E-state index contributed by atoms with van der Waals surface area (Å²) in [6.07, 6.45) is 2.73. The fourth-order valence-electron chi connectivity index (χ4n) is 5.18. The first-order valence-corrected chi connectivity index (χ1v) is 10.1. The molecule has 2 aliphatic carbocycles. The molecular formula is C21H22N2O7. The molecule has 158 valence electrons. The Morgan fingerprint density at radius 1 is 1.17 bits per heavy atom. The number of hydrogen-bond acceptors (Lipinski definition) is 7. The van der Waals surface area contributed by atoms with Crippen molar-refractivity contribution in [2.45, 2.75) is 32.6 Å². The Balaban J connectivity index is 1.29. The second kappa shape index (κ2) is 7.62. The first-order valence-electron chi connectivity index (χ1n) is 10.1. The highest BCUT2D eigenvalue weighted by molar-refractivity contribution is 6.06. The van der Waals surface area contributed by atoms with Crippen LogP contribution in [0, 0.1) is 40.7 Å². The number of carbonyl (C=O) groups is 4. The van der Waals surface area contributed by atoms with Gasteiger partial charge in [0, 0.05) is 23.7 Å². The molecule has 1 heterocycles. The van der Waals surface area contributed by atoms with Gasteiger partial charge in [0.25, 0.3) is 5.69 Å². The monoisotopic (exact) mass is 414 g/mol. The second-order valence-electron chi connectivity index (χ2n) is 8.31. The number of esters is 1. The Morgan fingerprint density at radius 2 is 1.80 bits per heavy atom. The fraction of sp³-hybridized carbons (Fsp3) is 0.524. The van der Waals surface area contributed by atoms with Crippen molar-refractivity contribution in [3.05, 3.63) is 39.4 Å². The van der Waals surface area contributed by atoms with Gasteiger partial charge in [-0.05, 0) is 38.0 Å². The van der Waals surface area contributed by atoms with E-state index in [1.165, 1.54) is 17.0 Å². The zero-order chi connectivity index (χ0) is 21.6. The number of carbonyl (C=O) groups excluding carboxylic acids is 4. The number of imide groups is 1. The Hall–Kier alpha value is -3.10. The molecule has 0 spiro atoms. The fourth-order valence-corrected chi connectivity index (χ4v) is 5.18. The van der Waals surface area contributed by atoms with Gasteiger partial charge in [0.1, 0.15) is 0 Å². The van der Waals surface area contributed by atoms with Crippen molar-refractivity contribution in [2.75, 3.05) is 13.2 Å². The van der Waals surface area contributed by atoms with Crippen LogP contribution in [0.25, 0.3) is 0 Å². The molecule has 0 unspecified atom stereocenters. The van der Waals surface area contributed by atoms with E-state index >= 15 is 0 Å². The van der Waals surface area contributed by atoms with Gasteiger partial charge >= 0.3 is 5.97 Å². The summed E-state index contributed by atoms with van der Waals surface area (Å²) >= 11 is 0. The number of nitro groups is 1. The number of aryl methyl sites for hydroxylation is 1. The van der Waals surface area contributed by atoms with E-state index in [1.807, 2.05) is 0 Å². The van der Waals surface area contributed by atoms with Crippen LogP contribution in [0.4, 0.5) is 5.69 Å². The molecule has 3 aliphatic rings. The molecule has 3 fully saturated rings. The van der Waals surface area contributed by atoms with Crippen molar-refractivity contribution in [1.29, 1.82) is 0 Å². The number of amides is 2. The first-order chi connectivity index (χ1) is 14.3. The molecule has 4 atom stereocenters. The highest BCUT2D eigenvalue weighted by Gasteiger charge is 2.60. The molecule has 30 heavy (non-hydrogen) atoms. The minimum absolute atomic E-state index is 0.0485. The Morgan fingerprint density at radius 3 is 2.40 bits per heavy atom. The normalized spacial score (nSPS) is 26.8. The molecule has 2 amide bonds. The molecule has 9 nitrogen and oxygen atoms in total. The van der Waals surface area contributed by atoms with Crippen LogP contribution in [0.3, 0.4) is 0 Å². The largest absolute Gasteiger partial charge is 0.457 e. The molecule has 1 aliphatic heterocycles. The van der Waals surface area contributed by atoms with Gasteiger partial charge in [0.2, 0.25) is 17.6 Å². The molecule has 1 aromatic rings. The number of likely N-dealkylation sites (tertiary alicyclic amines) is 1. The number of nitro benzene ring substituents is 1. The summed E-state index contributed by atoms with van der Waals surface area (Å²) in [5, 5.41) is 11.0. The quantitative estimate of drug-likeness (QED) is 0.220. The molecule has 0 N–H and O–H groups in total. The lowest BCUT2D eigenvalue weighted by molar-refractivity contribution is -0.385. The molecule has 4 rings (SSSR count). The number of Topliss-reactive ketones (excluding diaryl/α,β-unsaturated/α-hetero) is 1. The SMILES string of the molecule is Cc1ccc(C(=O)COC(=O)CCN2C(=O)[C@@H]3[C@H]4CC[C@H](C4)[C@@H]3C2=O)cc1[N+](=O)[O-]. The van der Waals surface area contributed by atoms with E-state index in [0.717, 1.165) is 25.3 Å². The molecule has 1 aromatic carbocycles. The predicted molar refractivity (Wildman–Crippen MR) is 102 cm³/mol. The van der Waals surface area contributed by atoms with Gasteiger partial charge < -0.3 is 4.74 Å². The highest BCUT2D eigenvalue weighted by atomic mass is 16.6. The zero-order valence-corrected chi connectivity index (χ0v) is 16.5. The topological polar surface area (TPSA) is 124 Å². The average molecular weight is 414 g/mol. The van der Waals surface area contributed by atoms with Crippen molar-refractivity contribution in [2.24, 2.45) is 23.7 Å². The van der Waals surface area contributed by atoms with E-state index in [0.29, 0.717) is 5.56 Å². The number of rotatable bonds is 7. The molecule has 9 heteroatoms. The van der Waals surface area contributed by atoms with Crippen molar-refractivity contribution in [1.82, 2.24) is 4.90 Å². The predicted octanol–water partition coefficient (Wildman–Crippen LogP) is 2.05. The summed E-state index contributed by atoms with van der Waals surface area (Å²) in [6.45, 7) is 0.955. The maximum absolute atomic E-state index is 12.6. The summed E-state index contributed by atoms with van der Waals surface area (Å²) in [5.41, 5.74) is 0.317. The lowest BCUT2D eigenvalue weighted by Crippen LogP contribution is -2.35. The number of ether oxygens (including phenoxy) is 1. The maximum atomic E-state index is 12.6. The van der Waals surface area contributed by atoms with Crippen LogP contribution >= 0.6 is 0 Å². The minimum atomic E-state index is -0.703. The van der Waals surface area contributed by atoms with Crippen molar-refractivity contribution in [3.63, 3.8) is 0 Å². The molecule has 2 saturated carbocycles. The Labute approximate surface area is 172 Å². The molecule has 1 saturated heterocycles. The number of benzene rings is 1. The number of nitrogens with zero attached hydrogens (tertiary/aromatic N) is 2. The van der Waals surface area contributed by atoms with Gasteiger partial charge in [-0.25, -0.2) is 0 Å². The third-order valence-corrected chi connectivity index (χ3v) is 6.65. The zero-order valence-electron chi connectivity index (χ0n) is 16.5. The van der Waals surface area contributed by atoms with Crippen LogP contribution in [-0.4, -0.2) is 46.5 Å². The van der Waals surface area contributed by atoms with Gasteiger partial charge in [-0.15, -0.1) is 0 Å². The van der Waals surface area contributed by atoms with E-state index in [-0.39, 0.29) is 59.7 Å². The number of ketones is 1. The van der Waals surface area contributed by atoms with Gasteiger partial charge in [-0.1, -0.05) is 12.1 Å². The van der Waals surface area contributed by atoms with Crippen LogP contribution < -0.4 is 0 Å². The third kappa shape index (κ3) is 3.38. The van der Waals surface area contributed by atoms with E-state index in [9.17, 15) is 29.3 Å². The van der Waals surface area contributed by atoms with Crippen molar-refractivity contribution < 1.29 is 28.8 Å². The highest BCUT2D eigenvalue weighted by Crippen LogP contribution is 2.56. The van der Waals surface area contributed by atoms with E-state index in [4.69, 9.17) is 4.74 Å². The van der Waals surface area contributed by atoms with Gasteiger partial charge in [0.15, 0.2) is 6.61 Å². The van der Waals surface area contributed by atoms with E-state index in [1.54, 1.807) is 6.92 Å². The van der Waals surface area contributed by atoms with Crippen LogP contribution in [0.2, 0.25) is 0 Å². The summed E-state index contributed by atoms with van der Waals surface area (Å²) in [4.78, 5) is 61.0. The summed E-state index contributed by atoms with van der Waals surface area (Å²) in [7, 11) is 0. The van der Waals surface area contributed by atoms with Crippen molar-refractivity contribution in [3.8, 4) is 0 Å². The molecular weight excluding hydrogens is 392 g/mol. The Bertz CT molecular complexity index is 929. The average Bonchev–Trinajstić information content (AvgIpc) is 3.39. The van der Waals surface area contributed by atoms with Crippen LogP contribution in [-0.2, 0) is 19.1 Å². The van der Waals surface area contributed by atoms with Gasteiger partial charge in [-0.3, -0.25) is 34.2 Å². The van der Waals surface area contributed by atoms with Crippen LogP contribution in [0.15, 0.2) is 18.2 Å². The lowest BCUT2D eigenvalue weighted by atomic mass is 9.81. The van der Waals surface area contributed by atoms with Gasteiger partial charge in [-0.2, -0.15) is 0 Å². The summed E-state index contributed by atoms with van der Waals surface area (Å²) in [5.74, 6) is -1.54. The molecule has 0 aromatic heterocycles. The van der Waals surface area contributed by atoms with Crippen LogP contribution in [0.5, 0.6) is 0 Å². The smallest absolute Gasteiger partial charge is 0.308 e. The molecule has 2 bridgehead atoms. The van der Waals surface area contributed by atoms with Crippen LogP contribution in [0.1, 0.15) is 41.6 Å². The first kappa shape index (κ1) is 20.2. The number of hydrogen-bond donors (Lipinski definition) is 0. The maximum Gasteiger partial charge on any atom is 0.308 e. The minimum Gasteiger partial charge on any atom is -0.457 e. The Kier molecular flexibility index (Phi) is 5.13.